The molecule has 0 aromatic carbocycles. The van der Waals surface area contributed by atoms with Crippen molar-refractivity contribution in [2.45, 2.75) is 35.6 Å². The van der Waals surface area contributed by atoms with Crippen molar-refractivity contribution < 1.29 is 17.9 Å². The first-order valence-corrected chi connectivity index (χ1v) is 10.8. The number of carbonyl (C=O) groups is 1. The Morgan fingerprint density at radius 1 is 1.15 bits per heavy atom. The standard InChI is InChI=1S/C17H22N4O4S2/c1-17(2,3)25-16(22)21-10-8-20(9-11-21)15-19-12-14(26-15)27(23,24)13-6-4-5-7-18-13/h4-7,12H,8-11H2,1-3H3. The molecular weight excluding hydrogens is 388 g/mol. The number of hydrogen-bond donors (Lipinski definition) is 0. The van der Waals surface area contributed by atoms with Crippen LogP contribution in [0.1, 0.15) is 20.8 Å². The Hall–Kier alpha value is -2.20. The molecule has 0 spiro atoms. The van der Waals surface area contributed by atoms with Gasteiger partial charge in [0.15, 0.2) is 10.2 Å². The lowest BCUT2D eigenvalue weighted by atomic mass is 10.2. The molecule has 2 aromatic rings. The van der Waals surface area contributed by atoms with E-state index in [0.717, 1.165) is 11.3 Å². The van der Waals surface area contributed by atoms with Crippen LogP contribution in [0.15, 0.2) is 39.8 Å². The Balaban J connectivity index is 1.66. The largest absolute Gasteiger partial charge is 0.444 e. The van der Waals surface area contributed by atoms with Gasteiger partial charge in [0, 0.05) is 32.4 Å². The van der Waals surface area contributed by atoms with Gasteiger partial charge in [0.05, 0.1) is 6.20 Å². The second kappa shape index (κ2) is 7.43. The van der Waals surface area contributed by atoms with E-state index in [2.05, 4.69) is 9.97 Å². The summed E-state index contributed by atoms with van der Waals surface area (Å²) in [5.41, 5.74) is -0.530. The third-order valence-corrected chi connectivity index (χ3v) is 7.04. The normalized spacial score (nSPS) is 15.7. The van der Waals surface area contributed by atoms with Crippen LogP contribution in [0.3, 0.4) is 0 Å². The summed E-state index contributed by atoms with van der Waals surface area (Å²) in [5, 5.41) is 0.628. The fraction of sp³-hybridized carbons (Fsp3) is 0.471. The predicted molar refractivity (Wildman–Crippen MR) is 102 cm³/mol. The Kier molecular flexibility index (Phi) is 5.38. The van der Waals surface area contributed by atoms with Crippen LogP contribution < -0.4 is 4.90 Å². The zero-order chi connectivity index (χ0) is 19.7. The quantitative estimate of drug-likeness (QED) is 0.767. The molecule has 1 aliphatic rings. The van der Waals surface area contributed by atoms with Crippen LogP contribution in [0.2, 0.25) is 0 Å². The molecule has 0 aliphatic carbocycles. The second-order valence-electron chi connectivity index (χ2n) is 7.09. The van der Waals surface area contributed by atoms with Crippen molar-refractivity contribution in [1.82, 2.24) is 14.9 Å². The maximum Gasteiger partial charge on any atom is 0.410 e. The van der Waals surface area contributed by atoms with Crippen LogP contribution in [0, 0.1) is 0 Å². The molecule has 0 radical (unpaired) electrons. The number of amides is 1. The molecule has 146 valence electrons. The molecule has 0 saturated carbocycles. The summed E-state index contributed by atoms with van der Waals surface area (Å²) in [6.45, 7) is 7.63. The van der Waals surface area contributed by atoms with Gasteiger partial charge in [-0.2, -0.15) is 0 Å². The van der Waals surface area contributed by atoms with E-state index in [1.54, 1.807) is 17.0 Å². The highest BCUT2D eigenvalue weighted by atomic mass is 32.2. The van der Waals surface area contributed by atoms with Crippen molar-refractivity contribution in [2.24, 2.45) is 0 Å². The molecule has 0 N–H and O–H groups in total. The highest BCUT2D eigenvalue weighted by Crippen LogP contribution is 2.30. The first-order valence-electron chi connectivity index (χ1n) is 8.52. The molecule has 27 heavy (non-hydrogen) atoms. The van der Waals surface area contributed by atoms with E-state index in [4.69, 9.17) is 4.74 Å². The van der Waals surface area contributed by atoms with Crippen molar-refractivity contribution in [3.05, 3.63) is 30.6 Å². The number of ether oxygens (including phenoxy) is 1. The van der Waals surface area contributed by atoms with E-state index < -0.39 is 15.4 Å². The van der Waals surface area contributed by atoms with Crippen LogP contribution >= 0.6 is 11.3 Å². The van der Waals surface area contributed by atoms with Gasteiger partial charge >= 0.3 is 6.09 Å². The molecule has 8 nitrogen and oxygen atoms in total. The summed E-state index contributed by atoms with van der Waals surface area (Å²) in [6.07, 6.45) is 2.48. The number of aromatic nitrogens is 2. The van der Waals surface area contributed by atoms with Crippen LogP contribution in [0.25, 0.3) is 0 Å². The number of sulfone groups is 1. The summed E-state index contributed by atoms with van der Waals surface area (Å²) < 4.78 is 30.8. The summed E-state index contributed by atoms with van der Waals surface area (Å²) in [4.78, 5) is 24.0. The van der Waals surface area contributed by atoms with Crippen molar-refractivity contribution >= 4 is 32.4 Å². The molecule has 1 amide bonds. The van der Waals surface area contributed by atoms with Gasteiger partial charge in [-0.15, -0.1) is 0 Å². The lowest BCUT2D eigenvalue weighted by Gasteiger charge is -2.35. The van der Waals surface area contributed by atoms with Gasteiger partial charge in [-0.25, -0.2) is 23.2 Å². The van der Waals surface area contributed by atoms with E-state index in [0.29, 0.717) is 31.3 Å². The van der Waals surface area contributed by atoms with Gasteiger partial charge in [0.2, 0.25) is 9.84 Å². The number of carbonyl (C=O) groups excluding carboxylic acids is 1. The van der Waals surface area contributed by atoms with Crippen molar-refractivity contribution in [3.8, 4) is 0 Å². The van der Waals surface area contributed by atoms with Crippen molar-refractivity contribution in [1.29, 1.82) is 0 Å². The lowest BCUT2D eigenvalue weighted by molar-refractivity contribution is 0.0240. The number of rotatable bonds is 3. The molecular formula is C17H22N4O4S2. The summed E-state index contributed by atoms with van der Waals surface area (Å²) in [7, 11) is -3.67. The molecule has 3 rings (SSSR count). The van der Waals surface area contributed by atoms with Crippen LogP contribution in [0.5, 0.6) is 0 Å². The molecule has 0 unspecified atom stereocenters. The third kappa shape index (κ3) is 4.56. The number of piperazine rings is 1. The number of hydrogen-bond acceptors (Lipinski definition) is 8. The van der Waals surface area contributed by atoms with Gasteiger partial charge in [-0.1, -0.05) is 17.4 Å². The molecule has 1 fully saturated rings. The molecule has 10 heteroatoms. The van der Waals surface area contributed by atoms with Gasteiger partial charge in [-0.3, -0.25) is 0 Å². The van der Waals surface area contributed by atoms with Crippen LogP contribution in [-0.2, 0) is 14.6 Å². The van der Waals surface area contributed by atoms with E-state index in [1.165, 1.54) is 18.5 Å². The van der Waals surface area contributed by atoms with E-state index >= 15 is 0 Å². The topological polar surface area (TPSA) is 92.7 Å². The van der Waals surface area contributed by atoms with Gasteiger partial charge < -0.3 is 14.5 Å². The monoisotopic (exact) mass is 410 g/mol. The van der Waals surface area contributed by atoms with Crippen LogP contribution in [0.4, 0.5) is 9.93 Å². The molecule has 0 bridgehead atoms. The predicted octanol–water partition coefficient (Wildman–Crippen LogP) is 2.43. The Bertz CT molecular complexity index is 899. The highest BCUT2D eigenvalue weighted by molar-refractivity contribution is 7.93. The molecule has 1 aliphatic heterocycles. The molecule has 3 heterocycles. The average Bonchev–Trinajstić information content (AvgIpc) is 3.12. The van der Waals surface area contributed by atoms with Gasteiger partial charge in [-0.05, 0) is 32.9 Å². The van der Waals surface area contributed by atoms with E-state index in [1.807, 2.05) is 25.7 Å². The Labute approximate surface area is 162 Å². The minimum atomic E-state index is -3.67. The number of anilines is 1. The molecule has 0 atom stereocenters. The fourth-order valence-corrected chi connectivity index (χ4v) is 5.01. The summed E-state index contributed by atoms with van der Waals surface area (Å²) >= 11 is 1.11. The minimum Gasteiger partial charge on any atom is -0.444 e. The maximum absolute atomic E-state index is 12.6. The molecule has 1 saturated heterocycles. The van der Waals surface area contributed by atoms with E-state index in [9.17, 15) is 13.2 Å². The van der Waals surface area contributed by atoms with E-state index in [-0.39, 0.29) is 15.3 Å². The van der Waals surface area contributed by atoms with Gasteiger partial charge in [0.25, 0.3) is 0 Å². The highest BCUT2D eigenvalue weighted by Gasteiger charge is 2.28. The summed E-state index contributed by atoms with van der Waals surface area (Å²) in [6, 6.07) is 4.77. The fourth-order valence-electron chi connectivity index (χ4n) is 2.54. The van der Waals surface area contributed by atoms with Gasteiger partial charge in [0.1, 0.15) is 9.81 Å². The minimum absolute atomic E-state index is 0.00921. The number of nitrogens with zero attached hydrogens (tertiary/aromatic N) is 4. The lowest BCUT2D eigenvalue weighted by Crippen LogP contribution is -2.50. The zero-order valence-electron chi connectivity index (χ0n) is 15.5. The number of pyridine rings is 1. The van der Waals surface area contributed by atoms with Crippen molar-refractivity contribution in [2.75, 3.05) is 31.1 Å². The SMILES string of the molecule is CC(C)(C)OC(=O)N1CCN(c2ncc(S(=O)(=O)c3ccccn3)s2)CC1. The number of thiazole rings is 1. The average molecular weight is 411 g/mol. The zero-order valence-corrected chi connectivity index (χ0v) is 17.1. The smallest absolute Gasteiger partial charge is 0.410 e. The van der Waals surface area contributed by atoms with Crippen LogP contribution in [-0.4, -0.2) is 61.2 Å². The first-order chi connectivity index (χ1) is 12.7. The maximum atomic E-state index is 12.6. The Morgan fingerprint density at radius 2 is 1.85 bits per heavy atom. The Morgan fingerprint density at radius 3 is 2.44 bits per heavy atom. The third-order valence-electron chi connectivity index (χ3n) is 3.85. The second-order valence-corrected chi connectivity index (χ2v) is 10.2. The van der Waals surface area contributed by atoms with Crippen molar-refractivity contribution in [3.63, 3.8) is 0 Å². The first kappa shape index (κ1) is 19.6. The summed E-state index contributed by atoms with van der Waals surface area (Å²) in [5.74, 6) is 0. The molecule has 2 aromatic heterocycles.